The average molecular weight is 230 g/mol. The van der Waals surface area contributed by atoms with E-state index in [4.69, 9.17) is 5.11 Å². The third-order valence-electron chi connectivity index (χ3n) is 2.52. The summed E-state index contributed by atoms with van der Waals surface area (Å²) in [6.45, 7) is 9.76. The van der Waals surface area contributed by atoms with E-state index >= 15 is 0 Å². The molecule has 0 saturated heterocycles. The van der Waals surface area contributed by atoms with E-state index in [-0.39, 0.29) is 18.1 Å². The fraction of sp³-hybridized carbons (Fsp3) is 0.917. The van der Waals surface area contributed by atoms with Gasteiger partial charge in [0.1, 0.15) is 0 Å². The van der Waals surface area contributed by atoms with Gasteiger partial charge in [-0.25, -0.2) is 4.79 Å². The Morgan fingerprint density at radius 1 is 1.31 bits per heavy atom. The first kappa shape index (κ1) is 15.2. The molecule has 0 aromatic rings. The van der Waals surface area contributed by atoms with Crippen LogP contribution < -0.4 is 10.6 Å². The van der Waals surface area contributed by atoms with Crippen LogP contribution in [0, 0.1) is 11.3 Å². The zero-order valence-electron chi connectivity index (χ0n) is 11.0. The summed E-state index contributed by atoms with van der Waals surface area (Å²) in [5.74, 6) is 0.603. The van der Waals surface area contributed by atoms with Gasteiger partial charge < -0.3 is 15.7 Å². The van der Waals surface area contributed by atoms with E-state index in [0.717, 1.165) is 6.42 Å². The quantitative estimate of drug-likeness (QED) is 0.624. The maximum Gasteiger partial charge on any atom is 0.314 e. The monoisotopic (exact) mass is 230 g/mol. The van der Waals surface area contributed by atoms with E-state index in [1.165, 1.54) is 0 Å². The van der Waals surface area contributed by atoms with Crippen molar-refractivity contribution in [2.75, 3.05) is 19.7 Å². The summed E-state index contributed by atoms with van der Waals surface area (Å²) in [6, 6.07) is -0.119. The van der Waals surface area contributed by atoms with Gasteiger partial charge in [0.2, 0.25) is 0 Å². The van der Waals surface area contributed by atoms with Crippen molar-refractivity contribution in [3.63, 3.8) is 0 Å². The average Bonchev–Trinajstić information content (AvgIpc) is 2.14. The summed E-state index contributed by atoms with van der Waals surface area (Å²) < 4.78 is 0. The summed E-state index contributed by atoms with van der Waals surface area (Å²) in [4.78, 5) is 11.4. The molecule has 0 aromatic carbocycles. The molecular weight excluding hydrogens is 204 g/mol. The van der Waals surface area contributed by atoms with Crippen LogP contribution in [0.3, 0.4) is 0 Å². The number of aliphatic hydroxyl groups excluding tert-OH is 1. The third-order valence-corrected chi connectivity index (χ3v) is 2.52. The number of nitrogens with one attached hydrogen (secondary N) is 2. The van der Waals surface area contributed by atoms with Gasteiger partial charge in [0.05, 0.1) is 0 Å². The topological polar surface area (TPSA) is 61.4 Å². The van der Waals surface area contributed by atoms with Gasteiger partial charge in [-0.3, -0.25) is 0 Å². The van der Waals surface area contributed by atoms with Gasteiger partial charge in [0.25, 0.3) is 0 Å². The number of urea groups is 1. The molecule has 0 aliphatic heterocycles. The van der Waals surface area contributed by atoms with E-state index in [1.807, 2.05) is 13.8 Å². The molecule has 0 radical (unpaired) electrons. The van der Waals surface area contributed by atoms with Gasteiger partial charge in [-0.1, -0.05) is 27.7 Å². The summed E-state index contributed by atoms with van der Waals surface area (Å²) in [6.07, 6.45) is 1.69. The first-order valence-corrected chi connectivity index (χ1v) is 6.00. The third kappa shape index (κ3) is 8.53. The van der Waals surface area contributed by atoms with E-state index < -0.39 is 0 Å². The van der Waals surface area contributed by atoms with Crippen LogP contribution in [-0.2, 0) is 0 Å². The molecule has 4 heteroatoms. The minimum atomic E-state index is -0.119. The molecule has 0 rings (SSSR count). The van der Waals surface area contributed by atoms with Gasteiger partial charge >= 0.3 is 6.03 Å². The van der Waals surface area contributed by atoms with Crippen molar-refractivity contribution in [2.24, 2.45) is 11.3 Å². The van der Waals surface area contributed by atoms with Crippen molar-refractivity contribution in [1.29, 1.82) is 0 Å². The summed E-state index contributed by atoms with van der Waals surface area (Å²) in [7, 11) is 0. The minimum absolute atomic E-state index is 0.0515. The molecule has 0 aliphatic rings. The highest BCUT2D eigenvalue weighted by molar-refractivity contribution is 5.73. The number of hydrogen-bond donors (Lipinski definition) is 3. The lowest BCUT2D eigenvalue weighted by Gasteiger charge is -2.23. The first-order valence-electron chi connectivity index (χ1n) is 6.00. The molecule has 96 valence electrons. The molecule has 0 aliphatic carbocycles. The Morgan fingerprint density at radius 2 is 1.94 bits per heavy atom. The zero-order valence-corrected chi connectivity index (χ0v) is 11.0. The lowest BCUT2D eigenvalue weighted by atomic mass is 9.90. The Hall–Kier alpha value is -0.770. The highest BCUT2D eigenvalue weighted by atomic mass is 16.3. The largest absolute Gasteiger partial charge is 0.396 e. The number of carbonyl (C=O) groups excluding carboxylic acids is 1. The van der Waals surface area contributed by atoms with Gasteiger partial charge in [0, 0.05) is 19.7 Å². The second-order valence-corrected chi connectivity index (χ2v) is 5.43. The highest BCUT2D eigenvalue weighted by Crippen LogP contribution is 2.17. The number of carbonyl (C=O) groups is 1. The molecule has 0 fully saturated rings. The summed E-state index contributed by atoms with van der Waals surface area (Å²) in [5.41, 5.74) is -0.0515. The van der Waals surface area contributed by atoms with Crippen LogP contribution in [0.5, 0.6) is 0 Å². The van der Waals surface area contributed by atoms with Crippen molar-refractivity contribution >= 4 is 6.03 Å². The maximum atomic E-state index is 11.4. The van der Waals surface area contributed by atoms with E-state index in [2.05, 4.69) is 24.5 Å². The second kappa shape index (κ2) is 7.49. The lowest BCUT2D eigenvalue weighted by Crippen LogP contribution is -2.41. The highest BCUT2D eigenvalue weighted by Gasteiger charge is 2.17. The van der Waals surface area contributed by atoms with Crippen LogP contribution in [0.4, 0.5) is 4.79 Å². The fourth-order valence-corrected chi connectivity index (χ4v) is 1.25. The fourth-order valence-electron chi connectivity index (χ4n) is 1.25. The van der Waals surface area contributed by atoms with Crippen LogP contribution in [0.25, 0.3) is 0 Å². The number of hydrogen-bond acceptors (Lipinski definition) is 2. The van der Waals surface area contributed by atoms with Crippen LogP contribution in [0.1, 0.15) is 40.5 Å². The molecule has 3 N–H and O–H groups in total. The first-order chi connectivity index (χ1) is 7.37. The minimum Gasteiger partial charge on any atom is -0.396 e. The van der Waals surface area contributed by atoms with Gasteiger partial charge in [-0.15, -0.1) is 0 Å². The Labute approximate surface area is 98.8 Å². The molecule has 0 aromatic heterocycles. The summed E-state index contributed by atoms with van der Waals surface area (Å²) >= 11 is 0. The normalized spacial score (nSPS) is 11.6. The van der Waals surface area contributed by atoms with Crippen LogP contribution in [-0.4, -0.2) is 30.8 Å². The van der Waals surface area contributed by atoms with Crippen molar-refractivity contribution in [1.82, 2.24) is 10.6 Å². The Balaban J connectivity index is 3.64. The van der Waals surface area contributed by atoms with Crippen LogP contribution >= 0.6 is 0 Å². The molecule has 0 atom stereocenters. The van der Waals surface area contributed by atoms with Crippen LogP contribution in [0.2, 0.25) is 0 Å². The van der Waals surface area contributed by atoms with E-state index in [1.54, 1.807) is 0 Å². The summed E-state index contributed by atoms with van der Waals surface area (Å²) in [5, 5.41) is 14.5. The second-order valence-electron chi connectivity index (χ2n) is 5.43. The predicted molar refractivity (Wildman–Crippen MR) is 66.3 cm³/mol. The Kier molecular flexibility index (Phi) is 7.13. The smallest absolute Gasteiger partial charge is 0.314 e. The number of amides is 2. The van der Waals surface area contributed by atoms with Crippen molar-refractivity contribution in [2.45, 2.75) is 40.5 Å². The molecule has 0 heterocycles. The molecule has 0 saturated carbocycles. The molecule has 0 bridgehead atoms. The number of aliphatic hydroxyl groups is 1. The zero-order chi connectivity index (χ0) is 12.6. The molecular formula is C12H26N2O2. The standard InChI is InChI=1S/C12H26N2O2/c1-10(2)5-7-13-11(16)14-9-12(3,4)6-8-15/h10,15H,5-9H2,1-4H3,(H2,13,14,16). The van der Waals surface area contributed by atoms with Gasteiger partial charge in [0.15, 0.2) is 0 Å². The molecule has 16 heavy (non-hydrogen) atoms. The lowest BCUT2D eigenvalue weighted by molar-refractivity contribution is 0.201. The number of rotatable bonds is 7. The predicted octanol–water partition coefficient (Wildman–Crippen LogP) is 1.74. The SMILES string of the molecule is CC(C)CCNC(=O)NCC(C)(C)CCO. The molecule has 0 unspecified atom stereocenters. The van der Waals surface area contributed by atoms with Crippen LogP contribution in [0.15, 0.2) is 0 Å². The van der Waals surface area contributed by atoms with E-state index in [9.17, 15) is 4.79 Å². The molecule has 4 nitrogen and oxygen atoms in total. The van der Waals surface area contributed by atoms with Gasteiger partial charge in [-0.2, -0.15) is 0 Å². The Bertz CT molecular complexity index is 203. The van der Waals surface area contributed by atoms with Crippen molar-refractivity contribution in [3.8, 4) is 0 Å². The van der Waals surface area contributed by atoms with E-state index in [0.29, 0.717) is 25.4 Å². The van der Waals surface area contributed by atoms with Gasteiger partial charge in [-0.05, 0) is 24.2 Å². The van der Waals surface area contributed by atoms with Crippen molar-refractivity contribution < 1.29 is 9.90 Å². The maximum absolute atomic E-state index is 11.4. The molecule has 0 spiro atoms. The van der Waals surface area contributed by atoms with Crippen molar-refractivity contribution in [3.05, 3.63) is 0 Å². The molecule has 2 amide bonds. The Morgan fingerprint density at radius 3 is 2.44 bits per heavy atom.